The molecule has 0 saturated heterocycles. The first-order chi connectivity index (χ1) is 14.4. The molecule has 1 aliphatic heterocycles. The fourth-order valence-electron chi connectivity index (χ4n) is 2.44. The first-order valence-corrected chi connectivity index (χ1v) is 10.9. The molecule has 0 bridgehead atoms. The second kappa shape index (κ2) is 10.8. The molecule has 2 aromatic rings. The smallest absolute Gasteiger partial charge is 0.280 e. The standard InChI is InChI=1S/C16H12N4O9S2.3CH3/c21-15-13(18-17-9-1-5-11(6-2-9)30(24,25)26)14(16(22)23)19-20(15)10-3-7-12(8-4-10)31(27,28)29;;;/h1-8,13H,(H,22,23)(H,24,25,26)(H,27,28,29);3*1H3/q;3*+1/p-3. The minimum atomic E-state index is -4.73. The number of azo groups is 1. The molecule has 13 nitrogen and oxygen atoms in total. The molecule has 0 spiro atoms. The highest BCUT2D eigenvalue weighted by atomic mass is 32.2. The molecule has 180 valence electrons. The Morgan fingerprint density at radius 1 is 0.853 bits per heavy atom. The molecule has 0 fully saturated rings. The van der Waals surface area contributed by atoms with Crippen molar-refractivity contribution in [3.05, 3.63) is 70.8 Å². The summed E-state index contributed by atoms with van der Waals surface area (Å²) in [5.41, 5.74) is -0.812. The highest BCUT2D eigenvalue weighted by Crippen LogP contribution is 2.25. The van der Waals surface area contributed by atoms with E-state index in [4.69, 9.17) is 0 Å². The minimum Gasteiger partial charge on any atom is -0.744 e. The van der Waals surface area contributed by atoms with Crippen molar-refractivity contribution in [1.82, 2.24) is 0 Å². The summed E-state index contributed by atoms with van der Waals surface area (Å²) in [5, 5.41) is 22.8. The van der Waals surface area contributed by atoms with Gasteiger partial charge in [0.05, 0.1) is 27.1 Å². The van der Waals surface area contributed by atoms with Gasteiger partial charge in [0.15, 0.2) is 6.04 Å². The van der Waals surface area contributed by atoms with E-state index >= 15 is 0 Å². The fraction of sp³-hybridized carbons (Fsp3) is 0.0526. The van der Waals surface area contributed by atoms with Crippen LogP contribution in [0.3, 0.4) is 0 Å². The van der Waals surface area contributed by atoms with Gasteiger partial charge in [0.25, 0.3) is 5.91 Å². The summed E-state index contributed by atoms with van der Waals surface area (Å²) in [4.78, 5) is 22.8. The normalized spacial score (nSPS) is 15.7. The molecule has 0 saturated carbocycles. The van der Waals surface area contributed by atoms with Crippen LogP contribution in [0, 0.1) is 22.3 Å². The summed E-state index contributed by atoms with van der Waals surface area (Å²) < 4.78 is 65.7. The summed E-state index contributed by atoms with van der Waals surface area (Å²) in [6.07, 6.45) is 0. The number of carbonyl (C=O) groups excluding carboxylic acids is 2. The molecule has 1 amide bonds. The fourth-order valence-corrected chi connectivity index (χ4v) is 3.38. The molecule has 34 heavy (non-hydrogen) atoms. The van der Waals surface area contributed by atoms with E-state index in [0.717, 1.165) is 48.5 Å². The molecule has 0 aromatic heterocycles. The van der Waals surface area contributed by atoms with Crippen LogP contribution in [0.1, 0.15) is 0 Å². The highest BCUT2D eigenvalue weighted by Gasteiger charge is 2.38. The Morgan fingerprint density at radius 2 is 1.29 bits per heavy atom. The Morgan fingerprint density at radius 3 is 1.71 bits per heavy atom. The maximum atomic E-state index is 12.6. The second-order valence-corrected chi connectivity index (χ2v) is 8.70. The van der Waals surface area contributed by atoms with Gasteiger partial charge in [0, 0.05) is 22.3 Å². The number of benzene rings is 2. The minimum absolute atomic E-state index is 0. The number of carboxylic acid groups (broad SMARTS) is 1. The third kappa shape index (κ3) is 6.32. The number of hydrogen-bond donors (Lipinski definition) is 0. The average Bonchev–Trinajstić information content (AvgIpc) is 3.02. The zero-order valence-electron chi connectivity index (χ0n) is 18.0. The molecule has 2 aromatic carbocycles. The van der Waals surface area contributed by atoms with Gasteiger partial charge < -0.3 is 19.0 Å². The van der Waals surface area contributed by atoms with Gasteiger partial charge in [-0.1, -0.05) is 0 Å². The number of anilines is 1. The van der Waals surface area contributed by atoms with E-state index in [1.54, 1.807) is 0 Å². The van der Waals surface area contributed by atoms with E-state index in [0.29, 0.717) is 5.01 Å². The second-order valence-electron chi connectivity index (χ2n) is 5.94. The predicted octanol–water partition coefficient (Wildman–Crippen LogP) is 0.451. The van der Waals surface area contributed by atoms with Crippen LogP contribution in [-0.4, -0.2) is 49.6 Å². The molecular weight excluding hydrogens is 492 g/mol. The zero-order chi connectivity index (χ0) is 23.0. The number of amides is 1. The van der Waals surface area contributed by atoms with E-state index in [1.165, 1.54) is 0 Å². The van der Waals surface area contributed by atoms with Gasteiger partial charge in [-0.3, -0.25) is 4.79 Å². The Labute approximate surface area is 197 Å². The van der Waals surface area contributed by atoms with Crippen molar-refractivity contribution in [2.24, 2.45) is 15.3 Å². The number of carbonyl (C=O) groups is 2. The van der Waals surface area contributed by atoms with E-state index in [2.05, 4.69) is 15.3 Å². The molecule has 1 unspecified atom stereocenters. The van der Waals surface area contributed by atoms with Gasteiger partial charge in [-0.05, 0) is 48.5 Å². The SMILES string of the molecule is O=C([O-])C1=NN(c2ccc(S(=O)(=O)[O-])cc2)C(=O)C1N=Nc1ccc(S(=O)(=O)[O-])cc1.[CH3+].[CH3+].[CH3+]. The van der Waals surface area contributed by atoms with Crippen LogP contribution in [0.5, 0.6) is 0 Å². The third-order valence-corrected chi connectivity index (χ3v) is 5.60. The predicted molar refractivity (Wildman–Crippen MR) is 116 cm³/mol. The van der Waals surface area contributed by atoms with Crippen molar-refractivity contribution in [3.8, 4) is 0 Å². The maximum Gasteiger partial charge on any atom is 0.280 e. The molecule has 3 rings (SSSR count). The Hall–Kier alpha value is -3.92. The lowest BCUT2D eigenvalue weighted by molar-refractivity contribution is -0.294. The lowest BCUT2D eigenvalue weighted by atomic mass is 10.2. The van der Waals surface area contributed by atoms with Crippen LogP contribution < -0.4 is 10.1 Å². The monoisotopic (exact) mass is 510 g/mol. The molecule has 0 radical (unpaired) electrons. The Bertz CT molecular complexity index is 1320. The van der Waals surface area contributed by atoms with Crippen LogP contribution in [0.25, 0.3) is 0 Å². The molecule has 1 aliphatic rings. The number of hydrazone groups is 1. The number of aliphatic carboxylic acids is 1. The van der Waals surface area contributed by atoms with Crippen molar-refractivity contribution >= 4 is 49.2 Å². The van der Waals surface area contributed by atoms with Crippen molar-refractivity contribution < 1.29 is 40.6 Å². The lowest BCUT2D eigenvalue weighted by Gasteiger charge is -2.13. The van der Waals surface area contributed by atoms with Crippen LogP contribution in [0.4, 0.5) is 11.4 Å². The van der Waals surface area contributed by atoms with E-state index in [9.17, 15) is 40.6 Å². The largest absolute Gasteiger partial charge is 0.744 e. The van der Waals surface area contributed by atoms with Crippen LogP contribution in [-0.2, 0) is 29.8 Å². The first-order valence-electron chi connectivity index (χ1n) is 8.04. The molecule has 0 aliphatic carbocycles. The van der Waals surface area contributed by atoms with Crippen molar-refractivity contribution in [2.75, 3.05) is 5.01 Å². The van der Waals surface area contributed by atoms with Gasteiger partial charge in [0.1, 0.15) is 25.9 Å². The van der Waals surface area contributed by atoms with Crippen molar-refractivity contribution in [3.63, 3.8) is 0 Å². The van der Waals surface area contributed by atoms with E-state index in [-0.39, 0.29) is 33.7 Å². The molecule has 1 atom stereocenters. The molecule has 15 heteroatoms. The summed E-state index contributed by atoms with van der Waals surface area (Å²) in [6, 6.07) is 6.40. The van der Waals surface area contributed by atoms with Gasteiger partial charge in [-0.2, -0.15) is 20.3 Å². The average molecular weight is 511 g/mol. The summed E-state index contributed by atoms with van der Waals surface area (Å²) in [6.45, 7) is 0. The zero-order valence-corrected chi connectivity index (χ0v) is 19.6. The third-order valence-electron chi connectivity index (χ3n) is 3.90. The Kier molecular flexibility index (Phi) is 9.55. The molecule has 0 N–H and O–H groups in total. The Balaban J connectivity index is 0.00000363. The van der Waals surface area contributed by atoms with Gasteiger partial charge in [0.2, 0.25) is 0 Å². The number of hydrogen-bond acceptors (Lipinski definition) is 12. The summed E-state index contributed by atoms with van der Waals surface area (Å²) in [5.74, 6) is -2.77. The van der Waals surface area contributed by atoms with E-state index in [1.807, 2.05) is 0 Å². The lowest BCUT2D eigenvalue weighted by Crippen LogP contribution is -2.39. The van der Waals surface area contributed by atoms with Crippen molar-refractivity contribution in [1.29, 1.82) is 0 Å². The molecular formula is C19H18N4O9S2. The van der Waals surface area contributed by atoms with Gasteiger partial charge in [-0.15, -0.1) is 0 Å². The van der Waals surface area contributed by atoms with Crippen LogP contribution >= 0.6 is 0 Å². The summed E-state index contributed by atoms with van der Waals surface area (Å²) >= 11 is 0. The molecule has 1 heterocycles. The summed E-state index contributed by atoms with van der Waals surface area (Å²) in [7, 11) is -9.40. The number of carboxylic acids is 1. The van der Waals surface area contributed by atoms with Crippen molar-refractivity contribution in [2.45, 2.75) is 15.8 Å². The van der Waals surface area contributed by atoms with Gasteiger partial charge in [-0.25, -0.2) is 16.8 Å². The van der Waals surface area contributed by atoms with Gasteiger partial charge >= 0.3 is 0 Å². The van der Waals surface area contributed by atoms with Crippen LogP contribution in [0.2, 0.25) is 0 Å². The quantitative estimate of drug-likeness (QED) is 0.299. The number of nitrogens with zero attached hydrogens (tertiary/aromatic N) is 4. The van der Waals surface area contributed by atoms with E-state index < -0.39 is 53.7 Å². The highest BCUT2D eigenvalue weighted by molar-refractivity contribution is 7.86. The maximum absolute atomic E-state index is 12.6. The number of rotatable bonds is 6. The van der Waals surface area contributed by atoms with Crippen LogP contribution in [0.15, 0.2) is 73.7 Å². The first kappa shape index (κ1) is 30.1. The topological polar surface area (TPSA) is 212 Å².